The van der Waals surface area contributed by atoms with Crippen molar-refractivity contribution in [3.8, 4) is 0 Å². The van der Waals surface area contributed by atoms with Crippen molar-refractivity contribution in [1.29, 1.82) is 0 Å². The summed E-state index contributed by atoms with van der Waals surface area (Å²) in [7, 11) is 0. The van der Waals surface area contributed by atoms with Crippen LogP contribution in [0, 0.1) is 0 Å². The maximum absolute atomic E-state index is 12.1. The van der Waals surface area contributed by atoms with Gasteiger partial charge in [-0.05, 0) is 30.9 Å². The highest BCUT2D eigenvalue weighted by Crippen LogP contribution is 2.17. The molecule has 3 nitrogen and oxygen atoms in total. The highest BCUT2D eigenvalue weighted by molar-refractivity contribution is 5.81. The molecule has 0 aliphatic carbocycles. The van der Waals surface area contributed by atoms with E-state index in [9.17, 15) is 18.0 Å². The molecule has 1 aromatic rings. The molecule has 6 heteroatoms. The summed E-state index contributed by atoms with van der Waals surface area (Å²) in [6.07, 6.45) is -2.75. The van der Waals surface area contributed by atoms with Crippen LogP contribution in [-0.4, -0.2) is 42.7 Å². The monoisotopic (exact) mass is 300 g/mol. The molecule has 0 aromatic heterocycles. The average Bonchev–Trinajstić information content (AvgIpc) is 2.65. The van der Waals surface area contributed by atoms with Gasteiger partial charge in [0, 0.05) is 13.1 Å². The Morgan fingerprint density at radius 2 is 1.76 bits per heavy atom. The zero-order valence-electron chi connectivity index (χ0n) is 11.9. The summed E-state index contributed by atoms with van der Waals surface area (Å²) in [5.41, 5.74) is 2.51. The van der Waals surface area contributed by atoms with E-state index in [1.165, 1.54) is 11.1 Å². The zero-order chi connectivity index (χ0) is 15.5. The van der Waals surface area contributed by atoms with Gasteiger partial charge in [-0.25, -0.2) is 0 Å². The number of nitrogens with zero attached hydrogens (tertiary/aromatic N) is 1. The van der Waals surface area contributed by atoms with Crippen LogP contribution in [0.3, 0.4) is 0 Å². The molecular weight excluding hydrogens is 281 g/mol. The van der Waals surface area contributed by atoms with Crippen LogP contribution >= 0.6 is 0 Å². The van der Waals surface area contributed by atoms with Crippen LogP contribution in [0.5, 0.6) is 0 Å². The summed E-state index contributed by atoms with van der Waals surface area (Å²) in [6.45, 7) is 1.74. The van der Waals surface area contributed by atoms with E-state index >= 15 is 0 Å². The van der Waals surface area contributed by atoms with E-state index in [2.05, 4.69) is 12.1 Å². The molecule has 0 spiro atoms. The van der Waals surface area contributed by atoms with Crippen LogP contribution in [0.2, 0.25) is 0 Å². The van der Waals surface area contributed by atoms with Gasteiger partial charge in [-0.2, -0.15) is 13.2 Å². The third-order valence-corrected chi connectivity index (χ3v) is 3.85. The average molecular weight is 300 g/mol. The normalized spacial score (nSPS) is 17.7. The fourth-order valence-electron chi connectivity index (χ4n) is 2.57. The van der Waals surface area contributed by atoms with E-state index < -0.39 is 24.7 Å². The number of fused-ring (bicyclic) bond motifs is 1. The minimum absolute atomic E-state index is 0.554. The second-order valence-electron chi connectivity index (χ2n) is 5.31. The van der Waals surface area contributed by atoms with Crippen molar-refractivity contribution < 1.29 is 18.0 Å². The number of hydrogen-bond acceptors (Lipinski definition) is 2. The summed E-state index contributed by atoms with van der Waals surface area (Å²) in [5.74, 6) is -0.571. The molecule has 0 bridgehead atoms. The summed E-state index contributed by atoms with van der Waals surface area (Å²) in [4.78, 5) is 13.8. The van der Waals surface area contributed by atoms with E-state index in [-0.39, 0.29) is 0 Å². The van der Waals surface area contributed by atoms with Crippen LogP contribution in [0.25, 0.3) is 0 Å². The topological polar surface area (TPSA) is 32.3 Å². The van der Waals surface area contributed by atoms with Crippen molar-refractivity contribution >= 4 is 5.91 Å². The van der Waals surface area contributed by atoms with Gasteiger partial charge in [0.2, 0.25) is 5.91 Å². The molecule has 116 valence electrons. The van der Waals surface area contributed by atoms with Crippen molar-refractivity contribution in [2.24, 2.45) is 0 Å². The van der Waals surface area contributed by atoms with Crippen molar-refractivity contribution in [1.82, 2.24) is 10.2 Å². The van der Waals surface area contributed by atoms with E-state index in [4.69, 9.17) is 0 Å². The molecule has 0 fully saturated rings. The Kier molecular flexibility index (Phi) is 4.88. The number of carbonyl (C=O) groups excluding carboxylic acids is 1. The first-order valence-electron chi connectivity index (χ1n) is 7.02. The number of rotatable bonds is 3. The fourth-order valence-corrected chi connectivity index (χ4v) is 2.57. The summed E-state index contributed by atoms with van der Waals surface area (Å²) in [6, 6.07) is 7.53. The fraction of sp³-hybridized carbons (Fsp3) is 0.533. The lowest BCUT2D eigenvalue weighted by Crippen LogP contribution is -2.48. The predicted octanol–water partition coefficient (Wildman–Crippen LogP) is 2.15. The number of benzene rings is 1. The molecular formula is C15H19F3N2O. The van der Waals surface area contributed by atoms with Gasteiger partial charge in [0.25, 0.3) is 0 Å². The van der Waals surface area contributed by atoms with Crippen LogP contribution in [0.1, 0.15) is 18.1 Å². The quantitative estimate of drug-likeness (QED) is 0.928. The van der Waals surface area contributed by atoms with Crippen LogP contribution in [0.4, 0.5) is 13.2 Å². The lowest BCUT2D eigenvalue weighted by atomic mass is 10.0. The van der Waals surface area contributed by atoms with E-state index in [0.29, 0.717) is 13.1 Å². The van der Waals surface area contributed by atoms with Crippen LogP contribution < -0.4 is 5.32 Å². The van der Waals surface area contributed by atoms with Crippen molar-refractivity contribution in [3.63, 3.8) is 0 Å². The van der Waals surface area contributed by atoms with E-state index in [1.54, 1.807) is 6.92 Å². The number of amides is 1. The Bertz CT molecular complexity index is 475. The summed E-state index contributed by atoms with van der Waals surface area (Å²) < 4.78 is 36.4. The third kappa shape index (κ3) is 4.46. The Hall–Kier alpha value is -1.56. The lowest BCUT2D eigenvalue weighted by Gasteiger charge is -2.26. The maximum atomic E-state index is 12.1. The number of carbonyl (C=O) groups is 1. The molecule has 1 aromatic carbocycles. The van der Waals surface area contributed by atoms with E-state index in [1.807, 2.05) is 22.3 Å². The highest BCUT2D eigenvalue weighted by atomic mass is 19.4. The standard InChI is InChI=1S/C15H19F3N2O/c1-11(14(21)19-10-15(16,17)18)20-8-6-12-4-2-3-5-13(12)7-9-20/h2-5,11H,6-10H2,1H3,(H,19,21). The summed E-state index contributed by atoms with van der Waals surface area (Å²) >= 11 is 0. The van der Waals surface area contributed by atoms with E-state index in [0.717, 1.165) is 12.8 Å². The van der Waals surface area contributed by atoms with Gasteiger partial charge in [0.15, 0.2) is 0 Å². The molecule has 0 saturated heterocycles. The Morgan fingerprint density at radius 1 is 1.24 bits per heavy atom. The largest absolute Gasteiger partial charge is 0.405 e. The van der Waals surface area contributed by atoms with Crippen molar-refractivity contribution in [2.45, 2.75) is 32.0 Å². The second-order valence-corrected chi connectivity index (χ2v) is 5.31. The number of halogens is 3. The molecule has 1 heterocycles. The molecule has 1 N–H and O–H groups in total. The van der Waals surface area contributed by atoms with Gasteiger partial charge in [-0.1, -0.05) is 24.3 Å². The molecule has 1 amide bonds. The minimum atomic E-state index is -4.37. The Balaban J connectivity index is 1.92. The van der Waals surface area contributed by atoms with Gasteiger partial charge in [0.1, 0.15) is 6.54 Å². The first kappa shape index (κ1) is 15.8. The molecule has 1 unspecified atom stereocenters. The molecule has 1 atom stereocenters. The predicted molar refractivity (Wildman–Crippen MR) is 73.9 cm³/mol. The maximum Gasteiger partial charge on any atom is 0.405 e. The van der Waals surface area contributed by atoms with Crippen LogP contribution in [0.15, 0.2) is 24.3 Å². The van der Waals surface area contributed by atoms with Crippen LogP contribution in [-0.2, 0) is 17.6 Å². The SMILES string of the molecule is CC(C(=O)NCC(F)(F)F)N1CCc2ccccc2CC1. The lowest BCUT2D eigenvalue weighted by molar-refractivity contribution is -0.141. The molecule has 0 radical (unpaired) electrons. The number of nitrogens with one attached hydrogen (secondary N) is 1. The Labute approximate surface area is 122 Å². The van der Waals surface area contributed by atoms with Gasteiger partial charge in [-0.3, -0.25) is 9.69 Å². The van der Waals surface area contributed by atoms with Crippen molar-refractivity contribution in [2.75, 3.05) is 19.6 Å². The number of hydrogen-bond donors (Lipinski definition) is 1. The Morgan fingerprint density at radius 3 is 2.24 bits per heavy atom. The molecule has 21 heavy (non-hydrogen) atoms. The number of alkyl halides is 3. The van der Waals surface area contributed by atoms with Gasteiger partial charge in [0.05, 0.1) is 6.04 Å². The van der Waals surface area contributed by atoms with Gasteiger partial charge < -0.3 is 5.32 Å². The molecule has 0 saturated carbocycles. The highest BCUT2D eigenvalue weighted by Gasteiger charge is 2.30. The minimum Gasteiger partial charge on any atom is -0.346 e. The smallest absolute Gasteiger partial charge is 0.346 e. The third-order valence-electron chi connectivity index (χ3n) is 3.85. The first-order chi connectivity index (χ1) is 9.87. The van der Waals surface area contributed by atoms with Crippen molar-refractivity contribution in [3.05, 3.63) is 35.4 Å². The molecule has 2 rings (SSSR count). The van der Waals surface area contributed by atoms with Gasteiger partial charge >= 0.3 is 6.18 Å². The summed E-state index contributed by atoms with van der Waals surface area (Å²) in [5, 5.41) is 1.96. The first-order valence-corrected chi connectivity index (χ1v) is 7.02. The molecule has 1 aliphatic rings. The zero-order valence-corrected chi connectivity index (χ0v) is 11.9. The molecule has 1 aliphatic heterocycles. The van der Waals surface area contributed by atoms with Gasteiger partial charge in [-0.15, -0.1) is 0 Å². The second kappa shape index (κ2) is 6.47.